The quantitative estimate of drug-likeness (QED) is 0.765. The summed E-state index contributed by atoms with van der Waals surface area (Å²) in [5.74, 6) is -0.911. The van der Waals surface area contributed by atoms with Gasteiger partial charge in [-0.25, -0.2) is 13.8 Å². The van der Waals surface area contributed by atoms with Crippen LogP contribution in [0.4, 0.5) is 8.78 Å². The Bertz CT molecular complexity index is 498. The largest absolute Gasteiger partial charge is 0.494 e. The number of carbonyl (C=O) groups is 1. The van der Waals surface area contributed by atoms with E-state index < -0.39 is 18.1 Å². The molecule has 0 atom stereocenters. The minimum Gasteiger partial charge on any atom is -0.494 e. The highest BCUT2D eigenvalue weighted by molar-refractivity contribution is 5.75. The highest BCUT2D eigenvalue weighted by atomic mass is 19.3. The summed E-state index contributed by atoms with van der Waals surface area (Å²) in [6, 6.07) is 1.77. The average molecular weight is 256 g/mol. The Morgan fingerprint density at radius 2 is 2.22 bits per heavy atom. The number of rotatable bonds is 4. The summed E-state index contributed by atoms with van der Waals surface area (Å²) >= 11 is 0. The third kappa shape index (κ3) is 2.71. The number of halogens is 2. The fourth-order valence-electron chi connectivity index (χ4n) is 1.42. The molecule has 1 rings (SSSR count). The van der Waals surface area contributed by atoms with Crippen molar-refractivity contribution in [2.45, 2.75) is 12.8 Å². The highest BCUT2D eigenvalue weighted by Crippen LogP contribution is 2.32. The van der Waals surface area contributed by atoms with Crippen LogP contribution in [0.3, 0.4) is 0 Å². The second kappa shape index (κ2) is 5.91. The number of nitriles is 1. The van der Waals surface area contributed by atoms with Gasteiger partial charge in [-0.05, 0) is 0 Å². The number of nitrogens with zero attached hydrogens (tertiary/aromatic N) is 2. The topological polar surface area (TPSA) is 72.2 Å². The van der Waals surface area contributed by atoms with E-state index in [1.165, 1.54) is 7.11 Å². The molecule has 1 aromatic heterocycles. The molecule has 0 aliphatic carbocycles. The lowest BCUT2D eigenvalue weighted by atomic mass is 10.0. The van der Waals surface area contributed by atoms with E-state index >= 15 is 0 Å². The number of methoxy groups -OCH3 is 2. The maximum Gasteiger partial charge on any atom is 0.310 e. The van der Waals surface area contributed by atoms with Crippen molar-refractivity contribution >= 4 is 5.97 Å². The zero-order valence-corrected chi connectivity index (χ0v) is 9.74. The molecule has 1 aromatic rings. The third-order valence-electron chi connectivity index (χ3n) is 2.24. The van der Waals surface area contributed by atoms with E-state index in [-0.39, 0.29) is 23.3 Å². The Morgan fingerprint density at radius 1 is 1.56 bits per heavy atom. The lowest BCUT2D eigenvalue weighted by Crippen LogP contribution is -2.10. The third-order valence-corrected chi connectivity index (χ3v) is 2.24. The van der Waals surface area contributed by atoms with Gasteiger partial charge in [0, 0.05) is 11.8 Å². The van der Waals surface area contributed by atoms with Gasteiger partial charge in [-0.1, -0.05) is 0 Å². The van der Waals surface area contributed by atoms with Gasteiger partial charge in [0.2, 0.25) is 0 Å². The SMILES string of the molecule is COC(=O)Cc1c(C#N)cnc(C(F)F)c1OC. The van der Waals surface area contributed by atoms with Gasteiger partial charge in [-0.15, -0.1) is 0 Å². The first kappa shape index (κ1) is 13.8. The first-order valence-electron chi connectivity index (χ1n) is 4.86. The van der Waals surface area contributed by atoms with Crippen molar-refractivity contribution in [1.82, 2.24) is 4.98 Å². The molecule has 0 bridgehead atoms. The molecule has 0 saturated heterocycles. The molecular weight excluding hydrogens is 246 g/mol. The van der Waals surface area contributed by atoms with Crippen LogP contribution in [0.5, 0.6) is 5.75 Å². The Hall–Kier alpha value is -2.23. The molecule has 5 nitrogen and oxygen atoms in total. The lowest BCUT2D eigenvalue weighted by molar-refractivity contribution is -0.139. The van der Waals surface area contributed by atoms with Crippen molar-refractivity contribution < 1.29 is 23.0 Å². The summed E-state index contributed by atoms with van der Waals surface area (Å²) in [5.41, 5.74) is -0.547. The highest BCUT2D eigenvalue weighted by Gasteiger charge is 2.23. The Balaban J connectivity index is 3.38. The number of ether oxygens (including phenoxy) is 2. The predicted octanol–water partition coefficient (Wildman–Crippen LogP) is 1.61. The predicted molar refractivity (Wildman–Crippen MR) is 56.2 cm³/mol. The van der Waals surface area contributed by atoms with Gasteiger partial charge >= 0.3 is 5.97 Å². The number of pyridine rings is 1. The molecule has 0 amide bonds. The zero-order valence-electron chi connectivity index (χ0n) is 9.74. The van der Waals surface area contributed by atoms with Gasteiger partial charge in [-0.3, -0.25) is 4.79 Å². The molecule has 0 aliphatic rings. The van der Waals surface area contributed by atoms with Crippen molar-refractivity contribution in [3.8, 4) is 11.8 Å². The molecule has 96 valence electrons. The van der Waals surface area contributed by atoms with Crippen LogP contribution in [0.25, 0.3) is 0 Å². The smallest absolute Gasteiger partial charge is 0.310 e. The van der Waals surface area contributed by atoms with E-state index in [2.05, 4.69) is 9.72 Å². The molecule has 0 N–H and O–H groups in total. The van der Waals surface area contributed by atoms with E-state index in [0.717, 1.165) is 13.3 Å². The van der Waals surface area contributed by atoms with Crippen LogP contribution in [0.15, 0.2) is 6.20 Å². The number of aromatic nitrogens is 1. The van der Waals surface area contributed by atoms with E-state index in [1.54, 1.807) is 6.07 Å². The summed E-state index contributed by atoms with van der Waals surface area (Å²) < 4.78 is 34.7. The van der Waals surface area contributed by atoms with Crippen LogP contribution in [0.1, 0.15) is 23.2 Å². The second-order valence-electron chi connectivity index (χ2n) is 3.23. The number of hydrogen-bond acceptors (Lipinski definition) is 5. The fourth-order valence-corrected chi connectivity index (χ4v) is 1.42. The van der Waals surface area contributed by atoms with Gasteiger partial charge < -0.3 is 9.47 Å². The molecule has 1 heterocycles. The normalized spacial score (nSPS) is 10.0. The summed E-state index contributed by atoms with van der Waals surface area (Å²) in [6.07, 6.45) is -2.20. The number of hydrogen-bond donors (Lipinski definition) is 0. The number of alkyl halides is 2. The molecule has 0 saturated carbocycles. The molecule has 0 spiro atoms. The van der Waals surface area contributed by atoms with Gasteiger partial charge in [0.1, 0.15) is 11.8 Å². The molecule has 0 aromatic carbocycles. The monoisotopic (exact) mass is 256 g/mol. The van der Waals surface area contributed by atoms with E-state index in [9.17, 15) is 13.6 Å². The van der Waals surface area contributed by atoms with E-state index in [4.69, 9.17) is 10.00 Å². The maximum absolute atomic E-state index is 12.7. The minimum absolute atomic E-state index is 0.00153. The number of carbonyl (C=O) groups excluding carboxylic acids is 1. The first-order chi connectivity index (χ1) is 8.54. The molecule has 0 radical (unpaired) electrons. The Kier molecular flexibility index (Phi) is 4.54. The van der Waals surface area contributed by atoms with Crippen LogP contribution >= 0.6 is 0 Å². The van der Waals surface area contributed by atoms with Crippen molar-refractivity contribution in [3.05, 3.63) is 23.0 Å². The van der Waals surface area contributed by atoms with Crippen molar-refractivity contribution in [3.63, 3.8) is 0 Å². The van der Waals surface area contributed by atoms with Gasteiger partial charge in [0.05, 0.1) is 26.2 Å². The van der Waals surface area contributed by atoms with Gasteiger partial charge in [-0.2, -0.15) is 5.26 Å². The molecule has 0 fully saturated rings. The van der Waals surface area contributed by atoms with Crippen LogP contribution in [0, 0.1) is 11.3 Å². The molecule has 7 heteroatoms. The number of esters is 1. The van der Waals surface area contributed by atoms with E-state index in [1.807, 2.05) is 0 Å². The van der Waals surface area contributed by atoms with Crippen LogP contribution < -0.4 is 4.74 Å². The lowest BCUT2D eigenvalue weighted by Gasteiger charge is -2.12. The average Bonchev–Trinajstić information content (AvgIpc) is 2.37. The summed E-state index contributed by atoms with van der Waals surface area (Å²) in [7, 11) is 2.33. The Labute approximate surface area is 102 Å². The summed E-state index contributed by atoms with van der Waals surface area (Å²) in [6.45, 7) is 0. The summed E-state index contributed by atoms with van der Waals surface area (Å²) in [5, 5.41) is 8.87. The van der Waals surface area contributed by atoms with Crippen LogP contribution in [0.2, 0.25) is 0 Å². The molecule has 18 heavy (non-hydrogen) atoms. The van der Waals surface area contributed by atoms with Gasteiger partial charge in [0.25, 0.3) is 6.43 Å². The van der Waals surface area contributed by atoms with Crippen molar-refractivity contribution in [2.75, 3.05) is 14.2 Å². The molecular formula is C11H10F2N2O3. The minimum atomic E-state index is -2.86. The van der Waals surface area contributed by atoms with Crippen molar-refractivity contribution in [1.29, 1.82) is 5.26 Å². The maximum atomic E-state index is 12.7. The van der Waals surface area contributed by atoms with Crippen LogP contribution in [-0.2, 0) is 16.0 Å². The molecule has 0 unspecified atom stereocenters. The first-order valence-corrected chi connectivity index (χ1v) is 4.86. The summed E-state index contributed by atoms with van der Waals surface area (Å²) in [4.78, 5) is 14.7. The standard InChI is InChI=1S/C11H10F2N2O3/c1-17-8(16)3-7-6(4-14)5-15-9(11(12)13)10(7)18-2/h5,11H,3H2,1-2H3. The molecule has 0 aliphatic heterocycles. The zero-order chi connectivity index (χ0) is 13.7. The van der Waals surface area contributed by atoms with Crippen molar-refractivity contribution in [2.24, 2.45) is 0 Å². The Morgan fingerprint density at radius 3 is 2.67 bits per heavy atom. The van der Waals surface area contributed by atoms with E-state index in [0.29, 0.717) is 0 Å². The van der Waals surface area contributed by atoms with Gasteiger partial charge in [0.15, 0.2) is 5.75 Å². The second-order valence-corrected chi connectivity index (χ2v) is 3.23. The fraction of sp³-hybridized carbons (Fsp3) is 0.364. The van der Waals surface area contributed by atoms with Crippen LogP contribution in [-0.4, -0.2) is 25.2 Å².